The van der Waals surface area contributed by atoms with Gasteiger partial charge in [-0.3, -0.25) is 14.2 Å². The highest BCUT2D eigenvalue weighted by molar-refractivity contribution is 6.11. The van der Waals surface area contributed by atoms with Crippen LogP contribution in [0.25, 0.3) is 0 Å². The van der Waals surface area contributed by atoms with E-state index < -0.39 is 17.2 Å². The van der Waals surface area contributed by atoms with Crippen LogP contribution in [0.4, 0.5) is 0 Å². The predicted octanol–water partition coefficient (Wildman–Crippen LogP) is 2.01. The van der Waals surface area contributed by atoms with E-state index in [1.54, 1.807) is 24.3 Å². The van der Waals surface area contributed by atoms with E-state index in [-0.39, 0.29) is 23.2 Å². The van der Waals surface area contributed by atoms with Crippen molar-refractivity contribution in [3.8, 4) is 17.7 Å². The molecule has 0 aliphatic rings. The SMILES string of the molecule is COCCCn1c(O)c(C(=O)c2ccc(OC)cc2)c(C)c(C#N)c1=O. The molecule has 1 aromatic heterocycles. The quantitative estimate of drug-likeness (QED) is 0.601. The molecule has 0 saturated heterocycles. The van der Waals surface area contributed by atoms with Gasteiger partial charge in [-0.15, -0.1) is 0 Å². The highest BCUT2D eigenvalue weighted by atomic mass is 16.5. The molecule has 0 aliphatic carbocycles. The summed E-state index contributed by atoms with van der Waals surface area (Å²) < 4.78 is 11.1. The smallest absolute Gasteiger partial charge is 0.271 e. The number of pyridine rings is 1. The van der Waals surface area contributed by atoms with Crippen LogP contribution in [0.3, 0.4) is 0 Å². The van der Waals surface area contributed by atoms with E-state index in [9.17, 15) is 20.0 Å². The van der Waals surface area contributed by atoms with E-state index in [0.29, 0.717) is 24.3 Å². The highest BCUT2D eigenvalue weighted by Gasteiger charge is 2.24. The Balaban J connectivity index is 2.59. The fourth-order valence-corrected chi connectivity index (χ4v) is 2.68. The number of carbonyl (C=O) groups excluding carboxylic acids is 1. The van der Waals surface area contributed by atoms with Gasteiger partial charge >= 0.3 is 0 Å². The molecule has 136 valence electrons. The second kappa shape index (κ2) is 8.32. The normalized spacial score (nSPS) is 10.4. The molecule has 0 aliphatic heterocycles. The first-order valence-electron chi connectivity index (χ1n) is 8.00. The minimum atomic E-state index is -0.620. The first-order chi connectivity index (χ1) is 12.5. The van der Waals surface area contributed by atoms with Gasteiger partial charge in [0, 0.05) is 25.8 Å². The first kappa shape index (κ1) is 19.2. The van der Waals surface area contributed by atoms with Gasteiger partial charge in [-0.2, -0.15) is 5.26 Å². The largest absolute Gasteiger partial charge is 0.497 e. The number of hydrogen-bond donors (Lipinski definition) is 1. The van der Waals surface area contributed by atoms with Crippen LogP contribution in [0.1, 0.15) is 33.5 Å². The topological polar surface area (TPSA) is 102 Å². The average Bonchev–Trinajstić information content (AvgIpc) is 2.65. The van der Waals surface area contributed by atoms with Gasteiger partial charge in [0.25, 0.3) is 5.56 Å². The molecule has 0 spiro atoms. The Labute approximate surface area is 151 Å². The van der Waals surface area contributed by atoms with E-state index in [2.05, 4.69) is 0 Å². The summed E-state index contributed by atoms with van der Waals surface area (Å²) in [6, 6.07) is 8.21. The number of aromatic nitrogens is 1. The molecule has 0 unspecified atom stereocenters. The molecule has 26 heavy (non-hydrogen) atoms. The molecule has 0 amide bonds. The molecule has 0 saturated carbocycles. The molecule has 0 fully saturated rings. The van der Waals surface area contributed by atoms with Crippen molar-refractivity contribution in [1.82, 2.24) is 4.57 Å². The average molecular weight is 356 g/mol. The van der Waals surface area contributed by atoms with E-state index in [4.69, 9.17) is 9.47 Å². The number of rotatable bonds is 7. The van der Waals surface area contributed by atoms with Gasteiger partial charge in [0.2, 0.25) is 5.88 Å². The van der Waals surface area contributed by atoms with Gasteiger partial charge in [-0.1, -0.05) is 0 Å². The number of nitrogens with zero attached hydrogens (tertiary/aromatic N) is 2. The lowest BCUT2D eigenvalue weighted by molar-refractivity contribution is 0.103. The van der Waals surface area contributed by atoms with Crippen LogP contribution in [0.5, 0.6) is 11.6 Å². The standard InChI is InChI=1S/C19H20N2O5/c1-12-15(11-20)18(23)21(9-4-10-25-2)19(24)16(12)17(22)13-5-7-14(26-3)8-6-13/h5-8,24H,4,9-10H2,1-3H3. The highest BCUT2D eigenvalue weighted by Crippen LogP contribution is 2.26. The second-order valence-electron chi connectivity index (χ2n) is 5.67. The van der Waals surface area contributed by atoms with E-state index in [1.807, 2.05) is 6.07 Å². The van der Waals surface area contributed by atoms with E-state index >= 15 is 0 Å². The summed E-state index contributed by atoms with van der Waals surface area (Å²) in [7, 11) is 3.04. The minimum absolute atomic E-state index is 0.0521. The summed E-state index contributed by atoms with van der Waals surface area (Å²) in [4.78, 5) is 25.3. The maximum absolute atomic E-state index is 12.9. The summed E-state index contributed by atoms with van der Waals surface area (Å²) in [6.07, 6.45) is 0.452. The minimum Gasteiger partial charge on any atom is -0.497 e. The predicted molar refractivity (Wildman–Crippen MR) is 94.7 cm³/mol. The molecule has 7 nitrogen and oxygen atoms in total. The van der Waals surface area contributed by atoms with Crippen LogP contribution in [-0.4, -0.2) is 36.3 Å². The Bertz CT molecular complexity index is 907. The number of nitriles is 1. The maximum atomic E-state index is 12.9. The summed E-state index contributed by atoms with van der Waals surface area (Å²) in [5, 5.41) is 19.9. The molecule has 0 radical (unpaired) electrons. The number of methoxy groups -OCH3 is 2. The molecule has 0 atom stereocenters. The zero-order chi connectivity index (χ0) is 19.3. The molecule has 1 aromatic carbocycles. The van der Waals surface area contributed by atoms with Crippen molar-refractivity contribution < 1.29 is 19.4 Å². The van der Waals surface area contributed by atoms with Crippen molar-refractivity contribution in [2.45, 2.75) is 19.9 Å². The fourth-order valence-electron chi connectivity index (χ4n) is 2.68. The lowest BCUT2D eigenvalue weighted by atomic mass is 9.97. The van der Waals surface area contributed by atoms with E-state index in [1.165, 1.54) is 21.1 Å². The van der Waals surface area contributed by atoms with Crippen molar-refractivity contribution >= 4 is 5.78 Å². The summed E-state index contributed by atoms with van der Waals surface area (Å²) in [6.45, 7) is 2.00. The number of ether oxygens (including phenoxy) is 2. The van der Waals surface area contributed by atoms with Gasteiger partial charge in [-0.05, 0) is 43.2 Å². The summed E-state index contributed by atoms with van der Waals surface area (Å²) >= 11 is 0. The van der Waals surface area contributed by atoms with Crippen molar-refractivity contribution in [2.24, 2.45) is 0 Å². The molecular weight excluding hydrogens is 336 g/mol. The van der Waals surface area contributed by atoms with Gasteiger partial charge in [0.05, 0.1) is 12.7 Å². The monoisotopic (exact) mass is 356 g/mol. The van der Waals surface area contributed by atoms with Crippen LogP contribution in [-0.2, 0) is 11.3 Å². The molecular formula is C19H20N2O5. The zero-order valence-corrected chi connectivity index (χ0v) is 14.9. The Morgan fingerprint density at radius 2 is 1.92 bits per heavy atom. The molecule has 1 N–H and O–H groups in total. The molecule has 7 heteroatoms. The van der Waals surface area contributed by atoms with Crippen molar-refractivity contribution in [3.05, 3.63) is 56.9 Å². The molecule has 1 heterocycles. The number of benzene rings is 1. The number of aromatic hydroxyl groups is 1. The summed E-state index contributed by atoms with van der Waals surface area (Å²) in [5.74, 6) is -0.326. The maximum Gasteiger partial charge on any atom is 0.271 e. The van der Waals surface area contributed by atoms with Gasteiger partial charge in [0.15, 0.2) is 5.78 Å². The summed E-state index contributed by atoms with van der Waals surface area (Å²) in [5.41, 5.74) is -0.348. The van der Waals surface area contributed by atoms with E-state index in [0.717, 1.165) is 4.57 Å². The van der Waals surface area contributed by atoms with Crippen molar-refractivity contribution in [1.29, 1.82) is 5.26 Å². The molecule has 2 rings (SSSR count). The molecule has 2 aromatic rings. The third-order valence-electron chi connectivity index (χ3n) is 4.11. The van der Waals surface area contributed by atoms with Crippen LogP contribution < -0.4 is 10.3 Å². The number of ketones is 1. The van der Waals surface area contributed by atoms with Crippen LogP contribution in [0, 0.1) is 18.3 Å². The van der Waals surface area contributed by atoms with Crippen LogP contribution >= 0.6 is 0 Å². The van der Waals surface area contributed by atoms with Crippen LogP contribution in [0.15, 0.2) is 29.1 Å². The lowest BCUT2D eigenvalue weighted by Gasteiger charge is -2.15. The Morgan fingerprint density at radius 3 is 2.46 bits per heavy atom. The number of hydrogen-bond acceptors (Lipinski definition) is 6. The Hall–Kier alpha value is -3.11. The van der Waals surface area contributed by atoms with Crippen molar-refractivity contribution in [2.75, 3.05) is 20.8 Å². The lowest BCUT2D eigenvalue weighted by Crippen LogP contribution is -2.27. The Morgan fingerprint density at radius 1 is 1.27 bits per heavy atom. The fraction of sp³-hybridized carbons (Fsp3) is 0.316. The first-order valence-corrected chi connectivity index (χ1v) is 8.00. The van der Waals surface area contributed by atoms with Gasteiger partial charge in [-0.25, -0.2) is 0 Å². The third kappa shape index (κ3) is 3.60. The van der Waals surface area contributed by atoms with Crippen LogP contribution in [0.2, 0.25) is 0 Å². The zero-order valence-electron chi connectivity index (χ0n) is 14.9. The second-order valence-corrected chi connectivity index (χ2v) is 5.67. The third-order valence-corrected chi connectivity index (χ3v) is 4.11. The number of carbonyl (C=O) groups is 1. The Kier molecular flexibility index (Phi) is 6.15. The van der Waals surface area contributed by atoms with Gasteiger partial charge in [0.1, 0.15) is 17.4 Å². The van der Waals surface area contributed by atoms with Crippen molar-refractivity contribution in [3.63, 3.8) is 0 Å². The van der Waals surface area contributed by atoms with Gasteiger partial charge < -0.3 is 14.6 Å². The molecule has 0 bridgehead atoms.